The summed E-state index contributed by atoms with van der Waals surface area (Å²) in [6.07, 6.45) is 0.686. The summed E-state index contributed by atoms with van der Waals surface area (Å²) in [5, 5.41) is 8.79. The molecular formula is C14H11Cl2N3O. The standard InChI is InChI=1S/C14H11Cl2N3O/c15-11-3-1-2-9(6-11)14(20)19-5-4-12-10(8-19)7-13(16)18-17-12/h1-3,6-7H,4-5,8H2. The maximum absolute atomic E-state index is 12.4. The normalized spacial score (nSPS) is 14.0. The molecule has 0 unspecified atom stereocenters. The molecule has 2 heterocycles. The van der Waals surface area contributed by atoms with Gasteiger partial charge in [0, 0.05) is 30.1 Å². The second kappa shape index (κ2) is 5.38. The van der Waals surface area contributed by atoms with Crippen LogP contribution in [0.2, 0.25) is 10.2 Å². The van der Waals surface area contributed by atoms with Crippen LogP contribution >= 0.6 is 23.2 Å². The molecule has 6 heteroatoms. The molecule has 0 N–H and O–H groups in total. The van der Waals surface area contributed by atoms with Gasteiger partial charge >= 0.3 is 0 Å². The molecule has 20 heavy (non-hydrogen) atoms. The van der Waals surface area contributed by atoms with Crippen molar-refractivity contribution in [2.45, 2.75) is 13.0 Å². The minimum atomic E-state index is -0.0360. The van der Waals surface area contributed by atoms with Crippen molar-refractivity contribution in [1.29, 1.82) is 0 Å². The quantitative estimate of drug-likeness (QED) is 0.813. The summed E-state index contributed by atoms with van der Waals surface area (Å²) in [4.78, 5) is 14.2. The largest absolute Gasteiger partial charge is 0.334 e. The maximum atomic E-state index is 12.4. The number of hydrogen-bond donors (Lipinski definition) is 0. The summed E-state index contributed by atoms with van der Waals surface area (Å²) < 4.78 is 0. The third kappa shape index (κ3) is 2.62. The van der Waals surface area contributed by atoms with Crippen LogP contribution in [0.3, 0.4) is 0 Å². The molecule has 2 aromatic rings. The summed E-state index contributed by atoms with van der Waals surface area (Å²) in [5.41, 5.74) is 2.45. The van der Waals surface area contributed by atoms with E-state index in [4.69, 9.17) is 23.2 Å². The second-order valence-electron chi connectivity index (χ2n) is 4.63. The third-order valence-corrected chi connectivity index (χ3v) is 3.69. The molecule has 0 aliphatic carbocycles. The first kappa shape index (κ1) is 13.3. The summed E-state index contributed by atoms with van der Waals surface area (Å²) >= 11 is 11.8. The average Bonchev–Trinajstić information content (AvgIpc) is 2.45. The van der Waals surface area contributed by atoms with E-state index in [1.165, 1.54) is 0 Å². The highest BCUT2D eigenvalue weighted by Gasteiger charge is 2.23. The molecule has 0 spiro atoms. The Hall–Kier alpha value is -1.65. The fourth-order valence-electron chi connectivity index (χ4n) is 2.28. The first-order chi connectivity index (χ1) is 9.63. The van der Waals surface area contributed by atoms with E-state index in [0.29, 0.717) is 35.2 Å². The Morgan fingerprint density at radius 2 is 2.05 bits per heavy atom. The topological polar surface area (TPSA) is 46.1 Å². The molecule has 1 aliphatic rings. The maximum Gasteiger partial charge on any atom is 0.254 e. The van der Waals surface area contributed by atoms with Crippen molar-refractivity contribution in [3.63, 3.8) is 0 Å². The van der Waals surface area contributed by atoms with Gasteiger partial charge in [0.1, 0.15) is 0 Å². The Balaban J connectivity index is 1.84. The molecule has 1 aliphatic heterocycles. The Kier molecular flexibility index (Phi) is 3.59. The van der Waals surface area contributed by atoms with Gasteiger partial charge in [-0.2, -0.15) is 5.10 Å². The van der Waals surface area contributed by atoms with Crippen LogP contribution in [0.1, 0.15) is 21.6 Å². The van der Waals surface area contributed by atoms with E-state index in [-0.39, 0.29) is 5.91 Å². The third-order valence-electron chi connectivity index (χ3n) is 3.27. The van der Waals surface area contributed by atoms with Gasteiger partial charge in [-0.3, -0.25) is 4.79 Å². The molecular weight excluding hydrogens is 297 g/mol. The molecule has 1 aromatic carbocycles. The monoisotopic (exact) mass is 307 g/mol. The van der Waals surface area contributed by atoms with Crippen molar-refractivity contribution in [2.24, 2.45) is 0 Å². The van der Waals surface area contributed by atoms with Gasteiger partial charge in [0.2, 0.25) is 0 Å². The van der Waals surface area contributed by atoms with Crippen molar-refractivity contribution >= 4 is 29.1 Å². The van der Waals surface area contributed by atoms with E-state index in [9.17, 15) is 4.79 Å². The van der Waals surface area contributed by atoms with Crippen LogP contribution in [0.4, 0.5) is 0 Å². The first-order valence-electron chi connectivity index (χ1n) is 6.19. The minimum Gasteiger partial charge on any atom is -0.334 e. The number of aromatic nitrogens is 2. The molecule has 102 valence electrons. The van der Waals surface area contributed by atoms with Gasteiger partial charge in [0.15, 0.2) is 5.15 Å². The fourth-order valence-corrected chi connectivity index (χ4v) is 2.64. The van der Waals surface area contributed by atoms with Crippen LogP contribution in [-0.4, -0.2) is 27.5 Å². The van der Waals surface area contributed by atoms with Crippen LogP contribution in [0.5, 0.6) is 0 Å². The van der Waals surface area contributed by atoms with Gasteiger partial charge in [-0.1, -0.05) is 29.3 Å². The summed E-state index contributed by atoms with van der Waals surface area (Å²) in [6.45, 7) is 1.12. The molecule has 0 radical (unpaired) electrons. The SMILES string of the molecule is O=C(c1cccc(Cl)c1)N1CCc2nnc(Cl)cc2C1. The molecule has 3 rings (SSSR count). The second-order valence-corrected chi connectivity index (χ2v) is 5.45. The number of halogens is 2. The first-order valence-corrected chi connectivity index (χ1v) is 6.95. The van der Waals surface area contributed by atoms with E-state index in [1.54, 1.807) is 35.2 Å². The van der Waals surface area contributed by atoms with Crippen LogP contribution in [0.15, 0.2) is 30.3 Å². The molecule has 0 atom stereocenters. The van der Waals surface area contributed by atoms with Crippen molar-refractivity contribution in [1.82, 2.24) is 15.1 Å². The van der Waals surface area contributed by atoms with Gasteiger partial charge in [0.25, 0.3) is 5.91 Å². The number of benzene rings is 1. The molecule has 1 amide bonds. The molecule has 0 saturated carbocycles. The summed E-state index contributed by atoms with van der Waals surface area (Å²) in [6, 6.07) is 8.73. The molecule has 0 saturated heterocycles. The predicted octanol–water partition coefficient (Wildman–Crippen LogP) is 2.98. The lowest BCUT2D eigenvalue weighted by molar-refractivity contribution is 0.0733. The van der Waals surface area contributed by atoms with Gasteiger partial charge in [-0.15, -0.1) is 5.10 Å². The Morgan fingerprint density at radius 1 is 1.20 bits per heavy atom. The zero-order valence-electron chi connectivity index (χ0n) is 10.5. The molecule has 4 nitrogen and oxygen atoms in total. The Morgan fingerprint density at radius 3 is 2.85 bits per heavy atom. The summed E-state index contributed by atoms with van der Waals surface area (Å²) in [7, 11) is 0. The van der Waals surface area contributed by atoms with Gasteiger partial charge in [-0.25, -0.2) is 0 Å². The van der Waals surface area contributed by atoms with Gasteiger partial charge in [-0.05, 0) is 29.8 Å². The molecule has 0 fully saturated rings. The van der Waals surface area contributed by atoms with Crippen LogP contribution in [0.25, 0.3) is 0 Å². The number of hydrogen-bond acceptors (Lipinski definition) is 3. The van der Waals surface area contributed by atoms with E-state index in [2.05, 4.69) is 10.2 Å². The Labute approximate surface area is 126 Å². The highest BCUT2D eigenvalue weighted by Crippen LogP contribution is 2.21. The smallest absolute Gasteiger partial charge is 0.254 e. The van der Waals surface area contributed by atoms with Crippen LogP contribution < -0.4 is 0 Å². The van der Waals surface area contributed by atoms with Gasteiger partial charge < -0.3 is 4.90 Å². The zero-order chi connectivity index (χ0) is 14.1. The summed E-state index contributed by atoms with van der Waals surface area (Å²) in [5.74, 6) is -0.0360. The number of carbonyl (C=O) groups excluding carboxylic acids is 1. The number of fused-ring (bicyclic) bond motifs is 1. The minimum absolute atomic E-state index is 0.0360. The van der Waals surface area contributed by atoms with E-state index in [1.807, 2.05) is 0 Å². The molecule has 1 aromatic heterocycles. The van der Waals surface area contributed by atoms with Crippen LogP contribution in [-0.2, 0) is 13.0 Å². The highest BCUT2D eigenvalue weighted by molar-refractivity contribution is 6.31. The van der Waals surface area contributed by atoms with E-state index >= 15 is 0 Å². The Bertz CT molecular complexity index is 675. The predicted molar refractivity (Wildman–Crippen MR) is 76.9 cm³/mol. The zero-order valence-corrected chi connectivity index (χ0v) is 12.0. The van der Waals surface area contributed by atoms with Crippen molar-refractivity contribution in [3.8, 4) is 0 Å². The number of carbonyl (C=O) groups is 1. The number of amides is 1. The lowest BCUT2D eigenvalue weighted by atomic mass is 10.1. The van der Waals surface area contributed by atoms with Crippen LogP contribution in [0, 0.1) is 0 Å². The lowest BCUT2D eigenvalue weighted by Gasteiger charge is -2.28. The number of nitrogens with zero attached hydrogens (tertiary/aromatic N) is 3. The van der Waals surface area contributed by atoms with E-state index < -0.39 is 0 Å². The van der Waals surface area contributed by atoms with Crippen molar-refractivity contribution < 1.29 is 4.79 Å². The molecule has 0 bridgehead atoms. The van der Waals surface area contributed by atoms with E-state index in [0.717, 1.165) is 11.3 Å². The highest BCUT2D eigenvalue weighted by atomic mass is 35.5. The lowest BCUT2D eigenvalue weighted by Crippen LogP contribution is -2.36. The number of rotatable bonds is 1. The van der Waals surface area contributed by atoms with Crippen molar-refractivity contribution in [2.75, 3.05) is 6.54 Å². The average molecular weight is 308 g/mol. The fraction of sp³-hybridized carbons (Fsp3) is 0.214. The van der Waals surface area contributed by atoms with Crippen molar-refractivity contribution in [3.05, 3.63) is 57.3 Å². The van der Waals surface area contributed by atoms with Gasteiger partial charge in [0.05, 0.1) is 5.69 Å².